The van der Waals surface area contributed by atoms with Crippen molar-refractivity contribution in [2.75, 3.05) is 13.7 Å². The molecule has 0 radical (unpaired) electrons. The summed E-state index contributed by atoms with van der Waals surface area (Å²) >= 11 is 5.76. The van der Waals surface area contributed by atoms with Gasteiger partial charge < -0.3 is 9.47 Å². The lowest BCUT2D eigenvalue weighted by atomic mass is 10.2. The van der Waals surface area contributed by atoms with E-state index in [2.05, 4.69) is 10.9 Å². The van der Waals surface area contributed by atoms with E-state index < -0.39 is 11.8 Å². The maximum absolute atomic E-state index is 12.1. The first-order chi connectivity index (χ1) is 11.5. The van der Waals surface area contributed by atoms with E-state index in [9.17, 15) is 9.59 Å². The fraction of sp³-hybridized carbons (Fsp3) is 0.176. The third kappa shape index (κ3) is 4.39. The Kier molecular flexibility index (Phi) is 6.03. The molecule has 24 heavy (non-hydrogen) atoms. The average Bonchev–Trinajstić information content (AvgIpc) is 2.60. The molecule has 0 aliphatic carbocycles. The van der Waals surface area contributed by atoms with Crippen LogP contribution in [-0.4, -0.2) is 25.5 Å². The van der Waals surface area contributed by atoms with Crippen molar-refractivity contribution in [3.8, 4) is 11.5 Å². The molecule has 0 fully saturated rings. The molecule has 0 unspecified atom stereocenters. The number of hydrogen-bond donors (Lipinski definition) is 2. The number of ether oxygens (including phenoxy) is 2. The number of rotatable bonds is 5. The summed E-state index contributed by atoms with van der Waals surface area (Å²) in [4.78, 5) is 24.1. The molecule has 2 aromatic carbocycles. The predicted octanol–water partition coefficient (Wildman–Crippen LogP) is 2.82. The number of hydrogen-bond acceptors (Lipinski definition) is 4. The number of nitrogens with one attached hydrogen (secondary N) is 2. The first-order valence-corrected chi connectivity index (χ1v) is 7.60. The van der Waals surface area contributed by atoms with Crippen LogP contribution in [0.3, 0.4) is 0 Å². The third-order valence-corrected chi connectivity index (χ3v) is 3.37. The van der Waals surface area contributed by atoms with E-state index >= 15 is 0 Å². The highest BCUT2D eigenvalue weighted by molar-refractivity contribution is 6.30. The molecule has 2 N–H and O–H groups in total. The Balaban J connectivity index is 2.01. The number of halogens is 1. The number of carbonyl (C=O) groups excluding carboxylic acids is 2. The largest absolute Gasteiger partial charge is 0.493 e. The molecule has 0 bridgehead atoms. The van der Waals surface area contributed by atoms with Crippen LogP contribution in [0.15, 0.2) is 42.5 Å². The van der Waals surface area contributed by atoms with Crippen LogP contribution in [0, 0.1) is 0 Å². The minimum Gasteiger partial charge on any atom is -0.493 e. The highest BCUT2D eigenvalue weighted by Gasteiger charge is 2.12. The zero-order chi connectivity index (χ0) is 17.5. The number of hydrazine groups is 1. The SMILES string of the molecule is CCOc1ccc(C(=O)NNC(=O)c2ccc(Cl)cc2)cc1OC. The van der Waals surface area contributed by atoms with Crippen LogP contribution in [-0.2, 0) is 0 Å². The molecule has 0 aliphatic rings. The monoisotopic (exact) mass is 348 g/mol. The number of benzene rings is 2. The summed E-state index contributed by atoms with van der Waals surface area (Å²) in [5.74, 6) is 0.0619. The Labute approximate surface area is 144 Å². The second-order valence-electron chi connectivity index (χ2n) is 4.71. The number of methoxy groups -OCH3 is 1. The summed E-state index contributed by atoms with van der Waals surface area (Å²) in [6, 6.07) is 11.1. The molecule has 0 aromatic heterocycles. The lowest BCUT2D eigenvalue weighted by Crippen LogP contribution is -2.41. The zero-order valence-electron chi connectivity index (χ0n) is 13.3. The second-order valence-corrected chi connectivity index (χ2v) is 5.15. The summed E-state index contributed by atoms with van der Waals surface area (Å²) < 4.78 is 10.6. The van der Waals surface area contributed by atoms with Crippen molar-refractivity contribution in [2.45, 2.75) is 6.92 Å². The summed E-state index contributed by atoms with van der Waals surface area (Å²) in [6.45, 7) is 2.34. The van der Waals surface area contributed by atoms with Crippen LogP contribution in [0.2, 0.25) is 5.02 Å². The van der Waals surface area contributed by atoms with Gasteiger partial charge in [0.1, 0.15) is 0 Å². The minimum absolute atomic E-state index is 0.326. The van der Waals surface area contributed by atoms with Gasteiger partial charge in [-0.1, -0.05) is 11.6 Å². The molecule has 2 aromatic rings. The Hall–Kier alpha value is -2.73. The predicted molar refractivity (Wildman–Crippen MR) is 90.5 cm³/mol. The fourth-order valence-electron chi connectivity index (χ4n) is 1.94. The summed E-state index contributed by atoms with van der Waals surface area (Å²) in [6.07, 6.45) is 0. The van der Waals surface area contributed by atoms with Gasteiger partial charge in [0.25, 0.3) is 11.8 Å². The smallest absolute Gasteiger partial charge is 0.269 e. The summed E-state index contributed by atoms with van der Waals surface area (Å²) in [5.41, 5.74) is 5.39. The number of amides is 2. The van der Waals surface area contributed by atoms with Crippen LogP contribution in [0.1, 0.15) is 27.6 Å². The third-order valence-electron chi connectivity index (χ3n) is 3.12. The van der Waals surface area contributed by atoms with Crippen LogP contribution in [0.4, 0.5) is 0 Å². The first-order valence-electron chi connectivity index (χ1n) is 7.22. The molecule has 2 amide bonds. The molecule has 7 heteroatoms. The van der Waals surface area contributed by atoms with Gasteiger partial charge in [-0.05, 0) is 49.4 Å². The van der Waals surface area contributed by atoms with Crippen molar-refractivity contribution >= 4 is 23.4 Å². The van der Waals surface area contributed by atoms with Gasteiger partial charge in [-0.15, -0.1) is 0 Å². The highest BCUT2D eigenvalue weighted by Crippen LogP contribution is 2.27. The molecule has 2 rings (SSSR count). The van der Waals surface area contributed by atoms with Crippen molar-refractivity contribution in [3.05, 3.63) is 58.6 Å². The van der Waals surface area contributed by atoms with Crippen molar-refractivity contribution in [2.24, 2.45) is 0 Å². The molecule has 0 heterocycles. The van der Waals surface area contributed by atoms with Gasteiger partial charge in [0.15, 0.2) is 11.5 Å². The van der Waals surface area contributed by atoms with Crippen LogP contribution < -0.4 is 20.3 Å². The molecule has 0 spiro atoms. The molecule has 126 valence electrons. The average molecular weight is 349 g/mol. The van der Waals surface area contributed by atoms with Gasteiger partial charge in [-0.3, -0.25) is 20.4 Å². The highest BCUT2D eigenvalue weighted by atomic mass is 35.5. The molecule has 6 nitrogen and oxygen atoms in total. The first kappa shape index (κ1) is 17.6. The molecule has 0 aliphatic heterocycles. The fourth-order valence-corrected chi connectivity index (χ4v) is 2.07. The Morgan fingerprint density at radius 2 is 1.54 bits per heavy atom. The molecule has 0 saturated heterocycles. The Bertz CT molecular complexity index is 732. The van der Waals surface area contributed by atoms with E-state index in [1.165, 1.54) is 13.2 Å². The van der Waals surface area contributed by atoms with Crippen LogP contribution >= 0.6 is 11.6 Å². The second kappa shape index (κ2) is 8.21. The topological polar surface area (TPSA) is 76.7 Å². The Morgan fingerprint density at radius 3 is 2.12 bits per heavy atom. The maximum Gasteiger partial charge on any atom is 0.269 e. The van der Waals surface area contributed by atoms with E-state index in [0.29, 0.717) is 34.3 Å². The van der Waals surface area contributed by atoms with Crippen LogP contribution in [0.25, 0.3) is 0 Å². The molecular weight excluding hydrogens is 332 g/mol. The van der Waals surface area contributed by atoms with Gasteiger partial charge in [-0.25, -0.2) is 0 Å². The molecular formula is C17H17ClN2O4. The number of carbonyl (C=O) groups is 2. The summed E-state index contributed by atoms with van der Waals surface area (Å²) in [7, 11) is 1.49. The molecule has 0 atom stereocenters. The Morgan fingerprint density at radius 1 is 0.958 bits per heavy atom. The van der Waals surface area contributed by atoms with Crippen molar-refractivity contribution in [1.82, 2.24) is 10.9 Å². The van der Waals surface area contributed by atoms with E-state index in [0.717, 1.165) is 0 Å². The van der Waals surface area contributed by atoms with Gasteiger partial charge in [0.05, 0.1) is 13.7 Å². The summed E-state index contributed by atoms with van der Waals surface area (Å²) in [5, 5.41) is 0.525. The van der Waals surface area contributed by atoms with Gasteiger partial charge in [0.2, 0.25) is 0 Å². The van der Waals surface area contributed by atoms with E-state index in [4.69, 9.17) is 21.1 Å². The standard InChI is InChI=1S/C17H17ClN2O4/c1-3-24-14-9-6-12(10-15(14)23-2)17(22)20-19-16(21)11-4-7-13(18)8-5-11/h4-10H,3H2,1-2H3,(H,19,21)(H,20,22). The van der Waals surface area contributed by atoms with Gasteiger partial charge >= 0.3 is 0 Å². The minimum atomic E-state index is -0.473. The lowest BCUT2D eigenvalue weighted by molar-refractivity contribution is 0.0846. The van der Waals surface area contributed by atoms with Gasteiger partial charge in [-0.2, -0.15) is 0 Å². The zero-order valence-corrected chi connectivity index (χ0v) is 14.0. The maximum atomic E-state index is 12.1. The van der Waals surface area contributed by atoms with E-state index in [1.807, 2.05) is 6.92 Å². The van der Waals surface area contributed by atoms with Gasteiger partial charge in [0, 0.05) is 16.1 Å². The van der Waals surface area contributed by atoms with E-state index in [-0.39, 0.29) is 0 Å². The lowest BCUT2D eigenvalue weighted by Gasteiger charge is -2.11. The van der Waals surface area contributed by atoms with Crippen molar-refractivity contribution in [3.63, 3.8) is 0 Å². The van der Waals surface area contributed by atoms with Crippen molar-refractivity contribution in [1.29, 1.82) is 0 Å². The molecule has 0 saturated carbocycles. The normalized spacial score (nSPS) is 9.96. The van der Waals surface area contributed by atoms with Crippen molar-refractivity contribution < 1.29 is 19.1 Å². The van der Waals surface area contributed by atoms with E-state index in [1.54, 1.807) is 36.4 Å². The van der Waals surface area contributed by atoms with Crippen LogP contribution in [0.5, 0.6) is 11.5 Å². The quantitative estimate of drug-likeness (QED) is 0.815.